The van der Waals surface area contributed by atoms with Crippen LogP contribution in [0.2, 0.25) is 0 Å². The lowest BCUT2D eigenvalue weighted by Gasteiger charge is -2.30. The van der Waals surface area contributed by atoms with E-state index in [0.717, 1.165) is 42.6 Å². The van der Waals surface area contributed by atoms with Gasteiger partial charge in [-0.15, -0.1) is 0 Å². The van der Waals surface area contributed by atoms with E-state index in [1.165, 1.54) is 29.1 Å². The SMILES string of the molecule is CC[C@@H](C(=O)NCc1cccc(CN2CCCCC2)c1)N(c1cc(C)cc(C)c1)S(C)(=O)=O. The van der Waals surface area contributed by atoms with E-state index < -0.39 is 16.1 Å². The molecule has 0 radical (unpaired) electrons. The molecule has 0 aromatic heterocycles. The van der Waals surface area contributed by atoms with Gasteiger partial charge < -0.3 is 5.32 Å². The predicted octanol–water partition coefficient (Wildman–Crippen LogP) is 4.15. The Balaban J connectivity index is 1.72. The number of hydrogen-bond acceptors (Lipinski definition) is 4. The molecule has 2 aromatic carbocycles. The summed E-state index contributed by atoms with van der Waals surface area (Å²) in [5, 5.41) is 2.97. The molecule has 1 amide bonds. The van der Waals surface area contributed by atoms with Gasteiger partial charge in [0.05, 0.1) is 11.9 Å². The Morgan fingerprint density at radius 1 is 1.03 bits per heavy atom. The lowest BCUT2D eigenvalue weighted by molar-refractivity contribution is -0.122. The number of amides is 1. The van der Waals surface area contributed by atoms with Crippen LogP contribution < -0.4 is 9.62 Å². The van der Waals surface area contributed by atoms with Crippen molar-refractivity contribution in [3.05, 3.63) is 64.7 Å². The number of piperidine rings is 1. The van der Waals surface area contributed by atoms with Gasteiger partial charge in [-0.05, 0) is 80.6 Å². The minimum Gasteiger partial charge on any atom is -0.350 e. The maximum Gasteiger partial charge on any atom is 0.244 e. The average Bonchev–Trinajstić information content (AvgIpc) is 2.75. The smallest absolute Gasteiger partial charge is 0.244 e. The molecule has 7 heteroatoms. The molecule has 0 bridgehead atoms. The van der Waals surface area contributed by atoms with Crippen molar-refractivity contribution in [3.63, 3.8) is 0 Å². The number of likely N-dealkylation sites (tertiary alicyclic amines) is 1. The second-order valence-electron chi connectivity index (χ2n) is 9.20. The Hall–Kier alpha value is -2.38. The molecule has 1 atom stereocenters. The van der Waals surface area contributed by atoms with Crippen LogP contribution in [0.4, 0.5) is 5.69 Å². The number of anilines is 1. The summed E-state index contributed by atoms with van der Waals surface area (Å²) in [6, 6.07) is 13.1. The predicted molar refractivity (Wildman–Crippen MR) is 135 cm³/mol. The highest BCUT2D eigenvalue weighted by Gasteiger charge is 2.31. The summed E-state index contributed by atoms with van der Waals surface area (Å²) in [6.07, 6.45) is 5.36. The molecule has 1 aliphatic rings. The number of benzene rings is 2. The molecule has 33 heavy (non-hydrogen) atoms. The molecule has 0 aliphatic carbocycles. The lowest BCUT2D eigenvalue weighted by atomic mass is 10.1. The normalized spacial score (nSPS) is 15.8. The largest absolute Gasteiger partial charge is 0.350 e. The number of hydrogen-bond donors (Lipinski definition) is 1. The van der Waals surface area contributed by atoms with Crippen LogP contribution in [0, 0.1) is 13.8 Å². The van der Waals surface area contributed by atoms with E-state index in [1.54, 1.807) is 0 Å². The third-order valence-corrected chi connectivity index (χ3v) is 7.28. The van der Waals surface area contributed by atoms with Gasteiger partial charge in [0.15, 0.2) is 0 Å². The third kappa shape index (κ3) is 7.05. The zero-order chi connectivity index (χ0) is 24.0. The molecule has 1 fully saturated rings. The first-order chi connectivity index (χ1) is 15.7. The maximum atomic E-state index is 13.2. The van der Waals surface area contributed by atoms with Gasteiger partial charge >= 0.3 is 0 Å². The molecule has 1 heterocycles. The van der Waals surface area contributed by atoms with Crippen LogP contribution in [0.3, 0.4) is 0 Å². The number of rotatable bonds is 9. The van der Waals surface area contributed by atoms with E-state index in [2.05, 4.69) is 22.3 Å². The first-order valence-electron chi connectivity index (χ1n) is 11.8. The first kappa shape index (κ1) is 25.2. The number of carbonyl (C=O) groups is 1. The highest BCUT2D eigenvalue weighted by atomic mass is 32.2. The van der Waals surface area contributed by atoms with Crippen LogP contribution in [0.1, 0.15) is 54.9 Å². The summed E-state index contributed by atoms with van der Waals surface area (Å²) in [4.78, 5) is 15.6. The van der Waals surface area contributed by atoms with E-state index in [4.69, 9.17) is 0 Å². The Morgan fingerprint density at radius 2 is 1.67 bits per heavy atom. The zero-order valence-electron chi connectivity index (χ0n) is 20.3. The molecular formula is C26H37N3O3S. The van der Waals surface area contributed by atoms with Crippen molar-refractivity contribution in [1.82, 2.24) is 10.2 Å². The maximum absolute atomic E-state index is 13.2. The fourth-order valence-corrected chi connectivity index (χ4v) is 5.85. The molecule has 1 aliphatic heterocycles. The van der Waals surface area contributed by atoms with Crippen LogP contribution in [-0.4, -0.2) is 44.6 Å². The molecular weight excluding hydrogens is 434 g/mol. The number of nitrogens with zero attached hydrogens (tertiary/aromatic N) is 2. The van der Waals surface area contributed by atoms with Gasteiger partial charge in [-0.1, -0.05) is 43.7 Å². The van der Waals surface area contributed by atoms with Crippen LogP contribution in [0.15, 0.2) is 42.5 Å². The molecule has 6 nitrogen and oxygen atoms in total. The van der Waals surface area contributed by atoms with E-state index >= 15 is 0 Å². The Kier molecular flexibility index (Phi) is 8.54. The molecule has 3 rings (SSSR count). The van der Waals surface area contributed by atoms with Crippen LogP contribution in [-0.2, 0) is 27.9 Å². The Morgan fingerprint density at radius 3 is 2.27 bits per heavy atom. The summed E-state index contributed by atoms with van der Waals surface area (Å²) in [7, 11) is -3.65. The van der Waals surface area contributed by atoms with Gasteiger partial charge in [0.1, 0.15) is 6.04 Å². The topological polar surface area (TPSA) is 69.7 Å². The van der Waals surface area contributed by atoms with Crippen LogP contribution in [0.25, 0.3) is 0 Å². The van der Waals surface area contributed by atoms with Gasteiger partial charge in [0.2, 0.25) is 15.9 Å². The van der Waals surface area contributed by atoms with Crippen molar-refractivity contribution >= 4 is 21.6 Å². The van der Waals surface area contributed by atoms with E-state index in [1.807, 2.05) is 51.1 Å². The summed E-state index contributed by atoms with van der Waals surface area (Å²) < 4.78 is 26.7. The van der Waals surface area contributed by atoms with Crippen LogP contribution in [0.5, 0.6) is 0 Å². The van der Waals surface area contributed by atoms with Crippen LogP contribution >= 0.6 is 0 Å². The van der Waals surface area contributed by atoms with Crippen molar-refractivity contribution < 1.29 is 13.2 Å². The van der Waals surface area contributed by atoms with E-state index in [9.17, 15) is 13.2 Å². The van der Waals surface area contributed by atoms with Crippen molar-refractivity contribution in [2.75, 3.05) is 23.7 Å². The summed E-state index contributed by atoms with van der Waals surface area (Å²) in [5.74, 6) is -0.288. The molecule has 1 N–H and O–H groups in total. The molecule has 180 valence electrons. The Bertz CT molecular complexity index is 1040. The number of nitrogens with one attached hydrogen (secondary N) is 1. The van der Waals surface area contributed by atoms with Gasteiger partial charge in [-0.2, -0.15) is 0 Å². The molecule has 2 aromatic rings. The lowest BCUT2D eigenvalue weighted by Crippen LogP contribution is -2.49. The van der Waals surface area contributed by atoms with Gasteiger partial charge in [-0.25, -0.2) is 8.42 Å². The monoisotopic (exact) mass is 471 g/mol. The molecule has 1 saturated heterocycles. The standard InChI is InChI=1S/C26H37N3O3S/c1-5-25(29(33(4,31)32)24-15-20(2)14-21(3)16-24)26(30)27-18-22-10-9-11-23(17-22)19-28-12-7-6-8-13-28/h9-11,14-17,25H,5-8,12-13,18-19H2,1-4H3,(H,27,30)/t25-/m0/s1. The van der Waals surface area contributed by atoms with Crippen molar-refractivity contribution in [3.8, 4) is 0 Å². The fraction of sp³-hybridized carbons (Fsp3) is 0.500. The Labute approximate surface area is 199 Å². The highest BCUT2D eigenvalue weighted by Crippen LogP contribution is 2.25. The summed E-state index contributed by atoms with van der Waals surface area (Å²) in [6.45, 7) is 9.26. The number of sulfonamides is 1. The third-order valence-electron chi connectivity index (χ3n) is 6.10. The van der Waals surface area contributed by atoms with E-state index in [-0.39, 0.29) is 5.91 Å². The number of carbonyl (C=O) groups excluding carboxylic acids is 1. The van der Waals surface area contributed by atoms with Crippen molar-refractivity contribution in [2.45, 2.75) is 65.6 Å². The molecule has 0 saturated carbocycles. The van der Waals surface area contributed by atoms with Crippen molar-refractivity contribution in [1.29, 1.82) is 0 Å². The number of aryl methyl sites for hydroxylation is 2. The first-order valence-corrected chi connectivity index (χ1v) is 13.7. The van der Waals surface area contributed by atoms with Gasteiger partial charge in [-0.3, -0.25) is 14.0 Å². The fourth-order valence-electron chi connectivity index (χ4n) is 4.66. The summed E-state index contributed by atoms with van der Waals surface area (Å²) >= 11 is 0. The quantitative estimate of drug-likeness (QED) is 0.597. The average molecular weight is 472 g/mol. The minimum atomic E-state index is -3.65. The zero-order valence-corrected chi connectivity index (χ0v) is 21.1. The summed E-state index contributed by atoms with van der Waals surface area (Å²) in [5.41, 5.74) is 4.70. The van der Waals surface area contributed by atoms with Crippen molar-refractivity contribution in [2.24, 2.45) is 0 Å². The second-order valence-corrected chi connectivity index (χ2v) is 11.1. The van der Waals surface area contributed by atoms with E-state index in [0.29, 0.717) is 18.7 Å². The minimum absolute atomic E-state index is 0.288. The highest BCUT2D eigenvalue weighted by molar-refractivity contribution is 7.92. The molecule has 0 spiro atoms. The second kappa shape index (κ2) is 11.2. The molecule has 0 unspecified atom stereocenters. The van der Waals surface area contributed by atoms with Gasteiger partial charge in [0, 0.05) is 13.1 Å². The van der Waals surface area contributed by atoms with Gasteiger partial charge in [0.25, 0.3) is 0 Å².